The first-order valence-corrected chi connectivity index (χ1v) is 9.20. The number of amides is 2. The molecule has 2 aromatic rings. The summed E-state index contributed by atoms with van der Waals surface area (Å²) in [5, 5.41) is 27.1. The lowest BCUT2D eigenvalue weighted by molar-refractivity contribution is -0.385. The highest BCUT2D eigenvalue weighted by molar-refractivity contribution is 6.32. The fourth-order valence-corrected chi connectivity index (χ4v) is 2.91. The van der Waals surface area contributed by atoms with Gasteiger partial charge < -0.3 is 10.6 Å². The van der Waals surface area contributed by atoms with Gasteiger partial charge in [0.1, 0.15) is 11.1 Å². The minimum atomic E-state index is -0.995. The maximum absolute atomic E-state index is 12.8. The second-order valence-corrected chi connectivity index (χ2v) is 7.22. The minimum absolute atomic E-state index is 0.0314. The van der Waals surface area contributed by atoms with Crippen LogP contribution in [0.25, 0.3) is 0 Å². The van der Waals surface area contributed by atoms with Crippen molar-refractivity contribution in [3.63, 3.8) is 0 Å². The summed E-state index contributed by atoms with van der Waals surface area (Å²) in [6, 6.07) is 6.85. The van der Waals surface area contributed by atoms with Gasteiger partial charge in [0.15, 0.2) is 0 Å². The van der Waals surface area contributed by atoms with Crippen LogP contribution in [0, 0.1) is 33.1 Å². The van der Waals surface area contributed by atoms with Crippen molar-refractivity contribution in [2.75, 3.05) is 5.32 Å². The Morgan fingerprint density at radius 2 is 1.67 bits per heavy atom. The van der Waals surface area contributed by atoms with Crippen molar-refractivity contribution < 1.29 is 19.4 Å². The van der Waals surface area contributed by atoms with Crippen LogP contribution in [0.2, 0.25) is 5.02 Å². The highest BCUT2D eigenvalue weighted by Gasteiger charge is 2.27. The van der Waals surface area contributed by atoms with Gasteiger partial charge in [0.05, 0.1) is 21.1 Å². The number of hydrogen-bond donors (Lipinski definition) is 2. The van der Waals surface area contributed by atoms with Gasteiger partial charge in [-0.25, -0.2) is 0 Å². The van der Waals surface area contributed by atoms with E-state index in [4.69, 9.17) is 11.6 Å². The molecule has 0 bridgehead atoms. The van der Waals surface area contributed by atoms with Crippen molar-refractivity contribution in [1.29, 1.82) is 0 Å². The zero-order chi connectivity index (χ0) is 22.6. The van der Waals surface area contributed by atoms with Crippen molar-refractivity contribution in [3.8, 4) is 0 Å². The van der Waals surface area contributed by atoms with Crippen LogP contribution in [0.5, 0.6) is 0 Å². The van der Waals surface area contributed by atoms with E-state index >= 15 is 0 Å². The molecule has 0 saturated heterocycles. The monoisotopic (exact) mass is 434 g/mol. The molecule has 0 unspecified atom stereocenters. The van der Waals surface area contributed by atoms with Gasteiger partial charge in [0.2, 0.25) is 5.91 Å². The van der Waals surface area contributed by atoms with Gasteiger partial charge in [-0.2, -0.15) is 0 Å². The van der Waals surface area contributed by atoms with Crippen LogP contribution in [0.4, 0.5) is 17.1 Å². The lowest BCUT2D eigenvalue weighted by Crippen LogP contribution is -2.47. The molecular weight excluding hydrogens is 416 g/mol. The molecule has 2 N–H and O–H groups in total. The van der Waals surface area contributed by atoms with Crippen molar-refractivity contribution in [2.24, 2.45) is 5.92 Å². The number of nitrogens with one attached hydrogen (secondary N) is 2. The molecular formula is C19H19ClN4O6. The van der Waals surface area contributed by atoms with Crippen molar-refractivity contribution in [2.45, 2.75) is 26.8 Å². The number of anilines is 1. The summed E-state index contributed by atoms with van der Waals surface area (Å²) in [7, 11) is 0. The molecule has 0 saturated carbocycles. The van der Waals surface area contributed by atoms with Gasteiger partial charge in [-0.1, -0.05) is 31.5 Å². The maximum Gasteiger partial charge on any atom is 0.288 e. The van der Waals surface area contributed by atoms with Crippen LogP contribution in [-0.2, 0) is 4.79 Å². The van der Waals surface area contributed by atoms with Gasteiger partial charge in [0, 0.05) is 17.7 Å². The average Bonchev–Trinajstić information content (AvgIpc) is 2.66. The van der Waals surface area contributed by atoms with E-state index in [1.807, 2.05) is 0 Å². The fourth-order valence-electron chi connectivity index (χ4n) is 2.72. The molecule has 0 aromatic heterocycles. The molecule has 0 fully saturated rings. The number of nitrogens with zero attached hydrogens (tertiary/aromatic N) is 2. The smallest absolute Gasteiger partial charge is 0.288 e. The number of halogens is 1. The van der Waals surface area contributed by atoms with Crippen LogP contribution < -0.4 is 10.6 Å². The second-order valence-electron chi connectivity index (χ2n) is 6.81. The Bertz CT molecular complexity index is 1020. The normalized spacial score (nSPS) is 11.6. The lowest BCUT2D eigenvalue weighted by Gasteiger charge is -2.22. The second kappa shape index (κ2) is 9.31. The third-order valence-electron chi connectivity index (χ3n) is 4.40. The molecule has 10 nitrogen and oxygen atoms in total. The van der Waals surface area contributed by atoms with Gasteiger partial charge in [0.25, 0.3) is 17.3 Å². The highest BCUT2D eigenvalue weighted by Crippen LogP contribution is 2.26. The predicted molar refractivity (Wildman–Crippen MR) is 111 cm³/mol. The van der Waals surface area contributed by atoms with Gasteiger partial charge in [-0.3, -0.25) is 29.8 Å². The molecule has 1 atom stereocenters. The van der Waals surface area contributed by atoms with E-state index in [2.05, 4.69) is 10.6 Å². The summed E-state index contributed by atoms with van der Waals surface area (Å²) in [6.45, 7) is 4.91. The van der Waals surface area contributed by atoms with E-state index in [1.54, 1.807) is 13.8 Å². The summed E-state index contributed by atoms with van der Waals surface area (Å²) >= 11 is 5.76. The molecule has 0 aliphatic carbocycles. The molecule has 158 valence electrons. The summed E-state index contributed by atoms with van der Waals surface area (Å²) < 4.78 is 0. The first-order chi connectivity index (χ1) is 14.0. The SMILES string of the molecule is Cc1c(NC(=O)[C@@H](NC(=O)c2ccc(Cl)c([N+](=O)[O-])c2)C(C)C)cccc1[N+](=O)[O-]. The van der Waals surface area contributed by atoms with Crippen molar-refractivity contribution in [3.05, 3.63) is 72.8 Å². The number of nitro groups is 2. The number of nitro benzene ring substituents is 2. The van der Waals surface area contributed by atoms with E-state index in [-0.39, 0.29) is 33.4 Å². The Balaban J connectivity index is 2.24. The summed E-state index contributed by atoms with van der Waals surface area (Å²) in [6.07, 6.45) is 0. The van der Waals surface area contributed by atoms with Gasteiger partial charge in [-0.05, 0) is 31.0 Å². The molecule has 2 aromatic carbocycles. The van der Waals surface area contributed by atoms with Crippen LogP contribution in [-0.4, -0.2) is 27.7 Å². The topological polar surface area (TPSA) is 144 Å². The number of hydrogen-bond acceptors (Lipinski definition) is 6. The molecule has 0 aliphatic rings. The van der Waals surface area contributed by atoms with E-state index in [0.29, 0.717) is 0 Å². The number of benzene rings is 2. The van der Waals surface area contributed by atoms with E-state index < -0.39 is 33.4 Å². The molecule has 0 heterocycles. The summed E-state index contributed by atoms with van der Waals surface area (Å²) in [4.78, 5) is 46.2. The maximum atomic E-state index is 12.8. The third-order valence-corrected chi connectivity index (χ3v) is 4.72. The Morgan fingerprint density at radius 1 is 1.03 bits per heavy atom. The molecule has 2 amide bonds. The highest BCUT2D eigenvalue weighted by atomic mass is 35.5. The predicted octanol–water partition coefficient (Wildman–Crippen LogP) is 3.86. The standard InChI is InChI=1S/C19H19ClN4O6/c1-10(2)17(19(26)21-14-5-4-6-15(11(14)3)23(27)28)22-18(25)12-7-8-13(20)16(9-12)24(29)30/h4-10,17H,1-3H3,(H,21,26)(H,22,25)/t17-/m0/s1. The summed E-state index contributed by atoms with van der Waals surface area (Å²) in [5.41, 5.74) is -0.0844. The molecule has 0 spiro atoms. The minimum Gasteiger partial charge on any atom is -0.340 e. The number of carbonyl (C=O) groups is 2. The molecule has 30 heavy (non-hydrogen) atoms. The van der Waals surface area contributed by atoms with Gasteiger partial charge >= 0.3 is 0 Å². The Labute approximate surface area is 176 Å². The van der Waals surface area contributed by atoms with Crippen LogP contribution in [0.3, 0.4) is 0 Å². The quantitative estimate of drug-likeness (QED) is 0.500. The van der Waals surface area contributed by atoms with E-state index in [1.165, 1.54) is 37.3 Å². The summed E-state index contributed by atoms with van der Waals surface area (Å²) in [5.74, 6) is -1.61. The Hall–Kier alpha value is -3.53. The van der Waals surface area contributed by atoms with Crippen LogP contribution in [0.1, 0.15) is 29.8 Å². The fraction of sp³-hybridized carbons (Fsp3) is 0.263. The largest absolute Gasteiger partial charge is 0.340 e. The Morgan fingerprint density at radius 3 is 2.23 bits per heavy atom. The van der Waals surface area contributed by atoms with Crippen molar-refractivity contribution >= 4 is 40.5 Å². The first-order valence-electron chi connectivity index (χ1n) is 8.82. The first kappa shape index (κ1) is 22.8. The average molecular weight is 435 g/mol. The van der Waals surface area contributed by atoms with E-state index in [0.717, 1.165) is 6.07 Å². The van der Waals surface area contributed by atoms with Crippen molar-refractivity contribution in [1.82, 2.24) is 5.32 Å². The molecule has 2 rings (SSSR count). The zero-order valence-electron chi connectivity index (χ0n) is 16.3. The van der Waals surface area contributed by atoms with Gasteiger partial charge in [-0.15, -0.1) is 0 Å². The molecule has 0 radical (unpaired) electrons. The lowest BCUT2D eigenvalue weighted by atomic mass is 10.0. The Kier molecular flexibility index (Phi) is 7.06. The van der Waals surface area contributed by atoms with E-state index in [9.17, 15) is 29.8 Å². The molecule has 11 heteroatoms. The number of rotatable bonds is 7. The zero-order valence-corrected chi connectivity index (χ0v) is 17.1. The number of carbonyl (C=O) groups excluding carboxylic acids is 2. The van der Waals surface area contributed by atoms with Crippen LogP contribution in [0.15, 0.2) is 36.4 Å². The third kappa shape index (κ3) is 5.09. The molecule has 0 aliphatic heterocycles. The van der Waals surface area contributed by atoms with Crippen LogP contribution >= 0.6 is 11.6 Å².